The number of carbonyl (C=O) groups excluding carboxylic acids is 1. The molecule has 1 fully saturated rings. The second-order valence-electron chi connectivity index (χ2n) is 3.66. The monoisotopic (exact) mass is 248 g/mol. The predicted molar refractivity (Wildman–Crippen MR) is 60.9 cm³/mol. The molecule has 1 aliphatic rings. The molecule has 1 saturated heterocycles. The largest absolute Gasteiger partial charge is 0.463 e. The second-order valence-corrected chi connectivity index (χ2v) is 3.66. The number of morpholine rings is 1. The first-order valence-corrected chi connectivity index (χ1v) is 5.42. The summed E-state index contributed by atoms with van der Waals surface area (Å²) in [6.45, 7) is 1.50. The molecular formula is C11H12N4O3. The third-order valence-corrected chi connectivity index (χ3v) is 2.54. The molecule has 2 heterocycles. The Labute approximate surface area is 104 Å². The Morgan fingerprint density at radius 1 is 1.72 bits per heavy atom. The zero-order valence-corrected chi connectivity index (χ0v) is 9.87. The first-order valence-electron chi connectivity index (χ1n) is 5.42. The molecule has 94 valence electrons. The SMILES string of the molecule is COC(=O)c1nccc(N2CCOC(C#N)C2)n1. The summed E-state index contributed by atoms with van der Waals surface area (Å²) in [4.78, 5) is 21.2. The molecule has 0 bridgehead atoms. The summed E-state index contributed by atoms with van der Waals surface area (Å²) >= 11 is 0. The lowest BCUT2D eigenvalue weighted by Crippen LogP contribution is -2.42. The van der Waals surface area contributed by atoms with E-state index in [1.165, 1.54) is 13.3 Å². The van der Waals surface area contributed by atoms with Gasteiger partial charge in [0.25, 0.3) is 0 Å². The number of nitriles is 1. The van der Waals surface area contributed by atoms with Crippen molar-refractivity contribution in [2.24, 2.45) is 0 Å². The highest BCUT2D eigenvalue weighted by atomic mass is 16.5. The molecule has 1 unspecified atom stereocenters. The Morgan fingerprint density at radius 2 is 2.56 bits per heavy atom. The lowest BCUT2D eigenvalue weighted by molar-refractivity contribution is 0.0586. The summed E-state index contributed by atoms with van der Waals surface area (Å²) in [6.07, 6.45) is 1.01. The van der Waals surface area contributed by atoms with Gasteiger partial charge in [0, 0.05) is 12.7 Å². The average molecular weight is 248 g/mol. The van der Waals surface area contributed by atoms with Crippen molar-refractivity contribution in [2.45, 2.75) is 6.10 Å². The van der Waals surface area contributed by atoms with Crippen LogP contribution in [0.25, 0.3) is 0 Å². The van der Waals surface area contributed by atoms with Crippen LogP contribution in [0.3, 0.4) is 0 Å². The predicted octanol–water partition coefficient (Wildman–Crippen LogP) is -0.00802. The van der Waals surface area contributed by atoms with E-state index in [0.29, 0.717) is 25.5 Å². The molecule has 1 aromatic heterocycles. The zero-order chi connectivity index (χ0) is 13.0. The fourth-order valence-corrected chi connectivity index (χ4v) is 1.65. The van der Waals surface area contributed by atoms with Crippen molar-refractivity contribution < 1.29 is 14.3 Å². The van der Waals surface area contributed by atoms with Crippen LogP contribution in [0.2, 0.25) is 0 Å². The molecule has 0 spiro atoms. The molecular weight excluding hydrogens is 236 g/mol. The normalized spacial score (nSPS) is 19.1. The first kappa shape index (κ1) is 12.3. The molecule has 1 aromatic rings. The van der Waals surface area contributed by atoms with Crippen LogP contribution in [-0.4, -0.2) is 48.8 Å². The minimum absolute atomic E-state index is 0.00926. The van der Waals surface area contributed by atoms with Crippen LogP contribution in [0.15, 0.2) is 12.3 Å². The number of methoxy groups -OCH3 is 1. The van der Waals surface area contributed by atoms with E-state index in [0.717, 1.165) is 0 Å². The average Bonchev–Trinajstić information content (AvgIpc) is 2.46. The van der Waals surface area contributed by atoms with E-state index >= 15 is 0 Å². The maximum atomic E-state index is 11.3. The molecule has 0 amide bonds. The number of carbonyl (C=O) groups is 1. The number of rotatable bonds is 2. The summed E-state index contributed by atoms with van der Waals surface area (Å²) < 4.78 is 9.80. The second kappa shape index (κ2) is 5.42. The molecule has 0 aliphatic carbocycles. The standard InChI is InChI=1S/C11H12N4O3/c1-17-11(16)10-13-3-2-9(14-10)15-4-5-18-8(6-12)7-15/h2-3,8H,4-5,7H2,1H3. The fraction of sp³-hybridized carbons (Fsp3) is 0.455. The molecule has 2 rings (SSSR count). The van der Waals surface area contributed by atoms with Gasteiger partial charge in [0.2, 0.25) is 5.82 Å². The maximum Gasteiger partial charge on any atom is 0.376 e. The van der Waals surface area contributed by atoms with Gasteiger partial charge in [-0.25, -0.2) is 14.8 Å². The molecule has 0 N–H and O–H groups in total. The molecule has 1 atom stereocenters. The van der Waals surface area contributed by atoms with Crippen LogP contribution in [-0.2, 0) is 9.47 Å². The minimum atomic E-state index is -0.582. The van der Waals surface area contributed by atoms with Crippen LogP contribution < -0.4 is 4.90 Å². The Balaban J connectivity index is 2.18. The highest BCUT2D eigenvalue weighted by Crippen LogP contribution is 2.14. The Kier molecular flexibility index (Phi) is 3.69. The highest BCUT2D eigenvalue weighted by molar-refractivity contribution is 5.85. The number of nitrogens with zero attached hydrogens (tertiary/aromatic N) is 4. The smallest absolute Gasteiger partial charge is 0.376 e. The van der Waals surface area contributed by atoms with E-state index in [4.69, 9.17) is 10.00 Å². The molecule has 0 saturated carbocycles. The van der Waals surface area contributed by atoms with E-state index in [-0.39, 0.29) is 5.82 Å². The van der Waals surface area contributed by atoms with E-state index < -0.39 is 12.1 Å². The summed E-state index contributed by atoms with van der Waals surface area (Å²) in [5.74, 6) is 0.0193. The van der Waals surface area contributed by atoms with Gasteiger partial charge in [0.05, 0.1) is 26.3 Å². The lowest BCUT2D eigenvalue weighted by Gasteiger charge is -2.30. The summed E-state index contributed by atoms with van der Waals surface area (Å²) in [6, 6.07) is 3.74. The van der Waals surface area contributed by atoms with Crippen LogP contribution >= 0.6 is 0 Å². The first-order chi connectivity index (χ1) is 8.74. The fourth-order valence-electron chi connectivity index (χ4n) is 1.65. The van der Waals surface area contributed by atoms with Gasteiger partial charge in [0.1, 0.15) is 5.82 Å². The molecule has 0 aromatic carbocycles. The number of hydrogen-bond acceptors (Lipinski definition) is 7. The molecule has 7 nitrogen and oxygen atoms in total. The number of hydrogen-bond donors (Lipinski definition) is 0. The molecule has 1 aliphatic heterocycles. The quantitative estimate of drug-likeness (QED) is 0.680. The van der Waals surface area contributed by atoms with Gasteiger partial charge in [-0.3, -0.25) is 0 Å². The summed E-state index contributed by atoms with van der Waals surface area (Å²) in [5.41, 5.74) is 0. The van der Waals surface area contributed by atoms with Crippen molar-refractivity contribution >= 4 is 11.8 Å². The minimum Gasteiger partial charge on any atom is -0.463 e. The van der Waals surface area contributed by atoms with Gasteiger partial charge in [0.15, 0.2) is 6.10 Å². The Morgan fingerprint density at radius 3 is 3.28 bits per heavy atom. The van der Waals surface area contributed by atoms with Crippen LogP contribution in [0.1, 0.15) is 10.6 Å². The summed E-state index contributed by atoms with van der Waals surface area (Å²) in [5, 5.41) is 8.83. The maximum absolute atomic E-state index is 11.3. The van der Waals surface area contributed by atoms with Gasteiger partial charge >= 0.3 is 5.97 Å². The molecule has 7 heteroatoms. The zero-order valence-electron chi connectivity index (χ0n) is 9.87. The number of anilines is 1. The molecule has 0 radical (unpaired) electrons. The van der Waals surface area contributed by atoms with Gasteiger partial charge in [-0.05, 0) is 6.07 Å². The van der Waals surface area contributed by atoms with E-state index in [1.54, 1.807) is 6.07 Å². The van der Waals surface area contributed by atoms with Crippen LogP contribution in [0.4, 0.5) is 5.82 Å². The third-order valence-electron chi connectivity index (χ3n) is 2.54. The van der Waals surface area contributed by atoms with E-state index in [2.05, 4.69) is 20.8 Å². The van der Waals surface area contributed by atoms with Gasteiger partial charge in [-0.1, -0.05) is 0 Å². The highest BCUT2D eigenvalue weighted by Gasteiger charge is 2.22. The molecule has 18 heavy (non-hydrogen) atoms. The third kappa shape index (κ3) is 2.55. The van der Waals surface area contributed by atoms with Crippen molar-refractivity contribution in [3.63, 3.8) is 0 Å². The number of ether oxygens (including phenoxy) is 2. The Hall–Kier alpha value is -2.20. The van der Waals surface area contributed by atoms with Crippen molar-refractivity contribution in [3.8, 4) is 6.07 Å². The van der Waals surface area contributed by atoms with Crippen LogP contribution in [0.5, 0.6) is 0 Å². The Bertz CT molecular complexity index is 485. The topological polar surface area (TPSA) is 88.3 Å². The lowest BCUT2D eigenvalue weighted by atomic mass is 10.3. The van der Waals surface area contributed by atoms with E-state index in [9.17, 15) is 4.79 Å². The van der Waals surface area contributed by atoms with Gasteiger partial charge in [-0.15, -0.1) is 0 Å². The summed E-state index contributed by atoms with van der Waals surface area (Å²) in [7, 11) is 1.28. The van der Waals surface area contributed by atoms with Crippen molar-refractivity contribution in [1.82, 2.24) is 9.97 Å². The van der Waals surface area contributed by atoms with E-state index in [1.807, 2.05) is 4.90 Å². The van der Waals surface area contributed by atoms with Crippen LogP contribution in [0, 0.1) is 11.3 Å². The van der Waals surface area contributed by atoms with Gasteiger partial charge in [-0.2, -0.15) is 5.26 Å². The van der Waals surface area contributed by atoms with Crippen molar-refractivity contribution in [2.75, 3.05) is 31.7 Å². The van der Waals surface area contributed by atoms with Crippen molar-refractivity contribution in [3.05, 3.63) is 18.1 Å². The van der Waals surface area contributed by atoms with Crippen molar-refractivity contribution in [1.29, 1.82) is 5.26 Å². The number of esters is 1. The van der Waals surface area contributed by atoms with Gasteiger partial charge < -0.3 is 14.4 Å². The number of aromatic nitrogens is 2.